The third kappa shape index (κ3) is 1.81. The fraction of sp³-hybridized carbons (Fsp3) is 0.100. The highest BCUT2D eigenvalue weighted by Gasteiger charge is 2.06. The summed E-state index contributed by atoms with van der Waals surface area (Å²) in [6, 6.07) is 4.19. The van der Waals surface area contributed by atoms with Gasteiger partial charge >= 0.3 is 0 Å². The normalized spacial score (nSPS) is 11.0. The van der Waals surface area contributed by atoms with Gasteiger partial charge in [-0.15, -0.1) is 11.3 Å². The lowest BCUT2D eigenvalue weighted by Crippen LogP contribution is -1.86. The van der Waals surface area contributed by atoms with Crippen molar-refractivity contribution >= 4 is 34.3 Å². The summed E-state index contributed by atoms with van der Waals surface area (Å²) in [7, 11) is 0. The fourth-order valence-corrected chi connectivity index (χ4v) is 3.12. The van der Waals surface area contributed by atoms with Gasteiger partial charge in [0.2, 0.25) is 0 Å². The number of fused-ring (bicyclic) bond motifs is 1. The maximum Gasteiger partial charge on any atom is 0.181 e. The van der Waals surface area contributed by atoms with E-state index in [4.69, 9.17) is 0 Å². The monoisotopic (exact) mass is 248 g/mol. The van der Waals surface area contributed by atoms with E-state index in [1.54, 1.807) is 35.8 Å². The van der Waals surface area contributed by atoms with E-state index in [1.807, 2.05) is 0 Å². The Balaban J connectivity index is 1.86. The molecule has 0 saturated heterocycles. The van der Waals surface area contributed by atoms with Crippen molar-refractivity contribution in [2.24, 2.45) is 0 Å². The van der Waals surface area contributed by atoms with Crippen molar-refractivity contribution in [2.75, 3.05) is 0 Å². The summed E-state index contributed by atoms with van der Waals surface area (Å²) in [6.45, 7) is 0. The summed E-state index contributed by atoms with van der Waals surface area (Å²) >= 11 is 3.46. The van der Waals surface area contributed by atoms with Gasteiger partial charge in [-0.25, -0.2) is 15.0 Å². The summed E-state index contributed by atoms with van der Waals surface area (Å²) in [5.41, 5.74) is 1.65. The summed E-state index contributed by atoms with van der Waals surface area (Å²) in [6.07, 6.45) is 3.20. The van der Waals surface area contributed by atoms with Gasteiger partial charge < -0.3 is 4.98 Å². The lowest BCUT2D eigenvalue weighted by molar-refractivity contribution is 1.08. The molecule has 0 aliphatic rings. The van der Waals surface area contributed by atoms with Crippen molar-refractivity contribution in [2.45, 2.75) is 10.8 Å². The lowest BCUT2D eigenvalue weighted by Gasteiger charge is -1.99. The minimum atomic E-state index is 0.726. The number of H-pyrrole nitrogens is 1. The van der Waals surface area contributed by atoms with E-state index in [2.05, 4.69) is 37.4 Å². The number of nitrogens with zero attached hydrogens (tertiary/aromatic N) is 3. The lowest BCUT2D eigenvalue weighted by atomic mass is 10.5. The molecule has 0 atom stereocenters. The number of rotatable bonds is 3. The van der Waals surface area contributed by atoms with Crippen LogP contribution in [0.3, 0.4) is 0 Å². The zero-order valence-electron chi connectivity index (χ0n) is 8.25. The molecule has 0 bridgehead atoms. The Kier molecular flexibility index (Phi) is 2.59. The molecular weight excluding hydrogens is 240 g/mol. The fourth-order valence-electron chi connectivity index (χ4n) is 1.39. The smallest absolute Gasteiger partial charge is 0.181 e. The number of thiophene rings is 1. The van der Waals surface area contributed by atoms with Gasteiger partial charge in [-0.3, -0.25) is 0 Å². The maximum atomic E-state index is 4.26. The van der Waals surface area contributed by atoms with E-state index in [0.29, 0.717) is 0 Å². The first kappa shape index (κ1) is 9.80. The Morgan fingerprint density at radius 3 is 3.19 bits per heavy atom. The van der Waals surface area contributed by atoms with E-state index in [0.717, 1.165) is 21.9 Å². The molecule has 6 heteroatoms. The molecular formula is C10H8N4S2. The van der Waals surface area contributed by atoms with E-state index in [9.17, 15) is 0 Å². The Morgan fingerprint density at radius 2 is 2.31 bits per heavy atom. The largest absolute Gasteiger partial charge is 0.341 e. The zero-order valence-corrected chi connectivity index (χ0v) is 9.88. The first-order chi connectivity index (χ1) is 7.93. The van der Waals surface area contributed by atoms with Crippen LogP contribution in [-0.2, 0) is 5.75 Å². The molecule has 3 aromatic rings. The predicted octanol–water partition coefficient (Wildman–Crippen LogP) is 2.71. The van der Waals surface area contributed by atoms with Gasteiger partial charge in [0.25, 0.3) is 0 Å². The Labute approximate surface area is 100 Å². The topological polar surface area (TPSA) is 54.5 Å². The second kappa shape index (κ2) is 4.23. The number of aromatic amines is 1. The Hall–Kier alpha value is -1.40. The molecule has 0 saturated carbocycles. The number of nitrogens with one attached hydrogen (secondary N) is 1. The highest BCUT2D eigenvalue weighted by atomic mass is 32.2. The number of thioether (sulfide) groups is 1. The summed E-state index contributed by atoms with van der Waals surface area (Å²) in [4.78, 5) is 16.9. The van der Waals surface area contributed by atoms with Gasteiger partial charge in [-0.2, -0.15) is 0 Å². The molecule has 16 heavy (non-hydrogen) atoms. The van der Waals surface area contributed by atoms with Gasteiger partial charge in [-0.05, 0) is 11.4 Å². The molecule has 0 radical (unpaired) electrons. The summed E-state index contributed by atoms with van der Waals surface area (Å²) in [5, 5.41) is 3.04. The highest BCUT2D eigenvalue weighted by molar-refractivity contribution is 7.98. The van der Waals surface area contributed by atoms with Crippen LogP contribution in [0.25, 0.3) is 11.2 Å². The average molecular weight is 248 g/mol. The Morgan fingerprint density at radius 1 is 1.31 bits per heavy atom. The van der Waals surface area contributed by atoms with Crippen LogP contribution in [0.2, 0.25) is 0 Å². The average Bonchev–Trinajstić information content (AvgIpc) is 2.97. The van der Waals surface area contributed by atoms with E-state index < -0.39 is 0 Å². The molecule has 0 fully saturated rings. The molecule has 4 nitrogen and oxygen atoms in total. The second-order valence-electron chi connectivity index (χ2n) is 3.15. The van der Waals surface area contributed by atoms with Crippen LogP contribution in [0.4, 0.5) is 0 Å². The minimum Gasteiger partial charge on any atom is -0.341 e. The van der Waals surface area contributed by atoms with Gasteiger partial charge in [0.05, 0.1) is 6.33 Å². The van der Waals surface area contributed by atoms with Gasteiger partial charge in [0.15, 0.2) is 5.65 Å². The highest BCUT2D eigenvalue weighted by Crippen LogP contribution is 2.26. The molecule has 0 amide bonds. The van der Waals surface area contributed by atoms with Crippen LogP contribution in [-0.4, -0.2) is 19.9 Å². The van der Waals surface area contributed by atoms with E-state index in [-0.39, 0.29) is 0 Å². The van der Waals surface area contributed by atoms with E-state index in [1.165, 1.54) is 4.88 Å². The quantitative estimate of drug-likeness (QED) is 0.572. The Bertz CT molecular complexity index is 588. The molecule has 0 spiro atoms. The summed E-state index contributed by atoms with van der Waals surface area (Å²) < 4.78 is 0. The van der Waals surface area contributed by atoms with Gasteiger partial charge in [0, 0.05) is 10.6 Å². The number of hydrogen-bond donors (Lipinski definition) is 1. The molecule has 0 aliphatic carbocycles. The van der Waals surface area contributed by atoms with Crippen molar-refractivity contribution < 1.29 is 0 Å². The van der Waals surface area contributed by atoms with Crippen LogP contribution >= 0.6 is 23.1 Å². The third-order valence-electron chi connectivity index (χ3n) is 2.12. The maximum absolute atomic E-state index is 4.26. The van der Waals surface area contributed by atoms with Crippen molar-refractivity contribution in [1.29, 1.82) is 0 Å². The molecule has 3 rings (SSSR count). The third-order valence-corrected chi connectivity index (χ3v) is 4.22. The van der Waals surface area contributed by atoms with Crippen LogP contribution in [0.1, 0.15) is 4.88 Å². The molecule has 0 aromatic carbocycles. The van der Waals surface area contributed by atoms with Crippen LogP contribution in [0.5, 0.6) is 0 Å². The van der Waals surface area contributed by atoms with Crippen molar-refractivity contribution in [1.82, 2.24) is 19.9 Å². The number of aromatic nitrogens is 4. The predicted molar refractivity (Wildman–Crippen MR) is 65.6 cm³/mol. The van der Waals surface area contributed by atoms with E-state index >= 15 is 0 Å². The summed E-state index contributed by atoms with van der Waals surface area (Å²) in [5.74, 6) is 0.933. The molecule has 0 aliphatic heterocycles. The minimum absolute atomic E-state index is 0.726. The van der Waals surface area contributed by atoms with Crippen molar-refractivity contribution in [3.63, 3.8) is 0 Å². The number of hydrogen-bond acceptors (Lipinski definition) is 5. The van der Waals surface area contributed by atoms with Crippen molar-refractivity contribution in [3.05, 3.63) is 35.0 Å². The number of imidazole rings is 1. The molecule has 1 N–H and O–H groups in total. The SMILES string of the molecule is c1csc(CSc2ncnc3nc[nH]c23)c1. The standard InChI is InChI=1S/C10H8N4S2/c1-2-7(15-3-1)4-16-10-8-9(12-5-11-8)13-6-14-10/h1-3,5-6H,4H2,(H,11,12,13,14). The molecule has 0 unspecified atom stereocenters. The first-order valence-electron chi connectivity index (χ1n) is 4.73. The van der Waals surface area contributed by atoms with Crippen LogP contribution < -0.4 is 0 Å². The van der Waals surface area contributed by atoms with Crippen LogP contribution in [0.15, 0.2) is 35.2 Å². The molecule has 3 heterocycles. The zero-order chi connectivity index (χ0) is 10.8. The first-order valence-corrected chi connectivity index (χ1v) is 6.59. The van der Waals surface area contributed by atoms with Gasteiger partial charge in [-0.1, -0.05) is 17.8 Å². The van der Waals surface area contributed by atoms with Crippen LogP contribution in [0, 0.1) is 0 Å². The second-order valence-corrected chi connectivity index (χ2v) is 5.14. The van der Waals surface area contributed by atoms with Crippen molar-refractivity contribution in [3.8, 4) is 0 Å². The van der Waals surface area contributed by atoms with Gasteiger partial charge in [0.1, 0.15) is 16.9 Å². The molecule has 80 valence electrons. The molecule has 3 aromatic heterocycles.